The standard InChI is InChI=1S/C19H14F3N3O4S2/c20-19(21,22)29-15-3-1-2-13(12-15)4-9-17(26)24-14-5-7-16(8-6-14)31(27,28)25-18-23-10-11-30-18/h1-12H,(H,23,25)(H,24,26). The van der Waals surface area contributed by atoms with Crippen molar-refractivity contribution in [2.24, 2.45) is 0 Å². The van der Waals surface area contributed by atoms with Crippen molar-refractivity contribution in [3.8, 4) is 5.75 Å². The average molecular weight is 469 g/mol. The van der Waals surface area contributed by atoms with Gasteiger partial charge in [0.1, 0.15) is 5.75 Å². The number of carbonyl (C=O) groups excluding carboxylic acids is 1. The molecule has 0 aliphatic carbocycles. The second-order valence-corrected chi connectivity index (χ2v) is 8.49. The van der Waals surface area contributed by atoms with Gasteiger partial charge in [0.2, 0.25) is 5.91 Å². The molecule has 1 heterocycles. The topological polar surface area (TPSA) is 97.4 Å². The molecule has 2 aromatic carbocycles. The van der Waals surface area contributed by atoms with Gasteiger partial charge >= 0.3 is 6.36 Å². The van der Waals surface area contributed by atoms with Gasteiger partial charge in [-0.2, -0.15) is 0 Å². The predicted octanol–water partition coefficient (Wildman–Crippen LogP) is 4.49. The molecule has 7 nitrogen and oxygen atoms in total. The average Bonchev–Trinajstić information content (AvgIpc) is 3.18. The van der Waals surface area contributed by atoms with E-state index >= 15 is 0 Å². The summed E-state index contributed by atoms with van der Waals surface area (Å²) < 4.78 is 67.6. The normalized spacial score (nSPS) is 12.0. The number of benzene rings is 2. The van der Waals surface area contributed by atoms with E-state index in [9.17, 15) is 26.4 Å². The Hall–Kier alpha value is -3.38. The zero-order valence-corrected chi connectivity index (χ0v) is 17.1. The molecule has 0 atom stereocenters. The van der Waals surface area contributed by atoms with Crippen LogP contribution in [0.4, 0.5) is 24.0 Å². The van der Waals surface area contributed by atoms with Gasteiger partial charge < -0.3 is 10.1 Å². The van der Waals surface area contributed by atoms with Crippen LogP contribution in [-0.2, 0) is 14.8 Å². The number of rotatable bonds is 7. The maximum Gasteiger partial charge on any atom is 0.573 e. The number of sulfonamides is 1. The maximum absolute atomic E-state index is 12.3. The summed E-state index contributed by atoms with van der Waals surface area (Å²) in [5.74, 6) is -0.961. The zero-order valence-electron chi connectivity index (χ0n) is 15.5. The first-order chi connectivity index (χ1) is 14.6. The molecule has 1 aromatic heterocycles. The summed E-state index contributed by atoms with van der Waals surface area (Å²) in [4.78, 5) is 15.9. The number of nitrogens with zero attached hydrogens (tertiary/aromatic N) is 1. The highest BCUT2D eigenvalue weighted by atomic mass is 32.2. The summed E-state index contributed by atoms with van der Waals surface area (Å²) in [6, 6.07) is 10.6. The molecule has 0 spiro atoms. The monoisotopic (exact) mass is 469 g/mol. The van der Waals surface area contributed by atoms with Gasteiger partial charge in [0.05, 0.1) is 4.90 Å². The van der Waals surface area contributed by atoms with Crippen LogP contribution in [0.3, 0.4) is 0 Å². The van der Waals surface area contributed by atoms with Crippen molar-refractivity contribution in [2.45, 2.75) is 11.3 Å². The van der Waals surface area contributed by atoms with E-state index in [1.807, 2.05) is 0 Å². The minimum atomic E-state index is -4.81. The molecule has 2 N–H and O–H groups in total. The van der Waals surface area contributed by atoms with Crippen LogP contribution in [0.5, 0.6) is 5.75 Å². The van der Waals surface area contributed by atoms with Crippen LogP contribution in [-0.4, -0.2) is 25.7 Å². The van der Waals surface area contributed by atoms with E-state index in [1.54, 1.807) is 5.38 Å². The number of amides is 1. The van der Waals surface area contributed by atoms with E-state index in [2.05, 4.69) is 19.8 Å². The molecule has 162 valence electrons. The van der Waals surface area contributed by atoms with Gasteiger partial charge in [-0.05, 0) is 48.0 Å². The van der Waals surface area contributed by atoms with Crippen LogP contribution in [0.1, 0.15) is 5.56 Å². The molecule has 0 aliphatic rings. The molecular formula is C19H14F3N3O4S2. The molecule has 31 heavy (non-hydrogen) atoms. The van der Waals surface area contributed by atoms with Gasteiger partial charge in [-0.1, -0.05) is 12.1 Å². The number of halogens is 3. The van der Waals surface area contributed by atoms with Gasteiger partial charge in [0.15, 0.2) is 5.13 Å². The number of hydrogen-bond acceptors (Lipinski definition) is 6. The number of nitrogens with one attached hydrogen (secondary N) is 2. The molecule has 3 rings (SSSR count). The molecule has 3 aromatic rings. The van der Waals surface area contributed by atoms with Crippen LogP contribution >= 0.6 is 11.3 Å². The quantitative estimate of drug-likeness (QED) is 0.497. The number of anilines is 2. The van der Waals surface area contributed by atoms with E-state index in [0.29, 0.717) is 11.3 Å². The van der Waals surface area contributed by atoms with Crippen molar-refractivity contribution in [2.75, 3.05) is 10.0 Å². The summed E-state index contributed by atoms with van der Waals surface area (Å²) in [7, 11) is -3.81. The highest BCUT2D eigenvalue weighted by molar-refractivity contribution is 7.93. The lowest BCUT2D eigenvalue weighted by Gasteiger charge is -2.09. The molecule has 0 saturated carbocycles. The summed E-state index contributed by atoms with van der Waals surface area (Å²) >= 11 is 1.13. The number of aromatic nitrogens is 1. The van der Waals surface area contributed by atoms with Gasteiger partial charge in [0, 0.05) is 23.3 Å². The van der Waals surface area contributed by atoms with Crippen LogP contribution < -0.4 is 14.8 Å². The van der Waals surface area contributed by atoms with Crippen molar-refractivity contribution in [1.29, 1.82) is 0 Å². The minimum Gasteiger partial charge on any atom is -0.406 e. The van der Waals surface area contributed by atoms with Crippen molar-refractivity contribution < 1.29 is 31.1 Å². The number of carbonyl (C=O) groups is 1. The van der Waals surface area contributed by atoms with E-state index in [1.165, 1.54) is 48.7 Å². The van der Waals surface area contributed by atoms with Crippen LogP contribution in [0, 0.1) is 0 Å². The third-order valence-electron chi connectivity index (χ3n) is 3.60. The smallest absolute Gasteiger partial charge is 0.406 e. The van der Waals surface area contributed by atoms with E-state index < -0.39 is 28.0 Å². The first kappa shape index (κ1) is 22.3. The van der Waals surface area contributed by atoms with Crippen molar-refractivity contribution in [3.05, 3.63) is 71.7 Å². The number of thiazole rings is 1. The number of hydrogen-bond donors (Lipinski definition) is 2. The Bertz CT molecular complexity index is 1180. The van der Waals surface area contributed by atoms with Crippen LogP contribution in [0.25, 0.3) is 6.08 Å². The second-order valence-electron chi connectivity index (χ2n) is 5.91. The first-order valence-corrected chi connectivity index (χ1v) is 10.8. The Labute approximate surface area is 179 Å². The second kappa shape index (κ2) is 9.18. The molecule has 12 heteroatoms. The molecule has 0 bridgehead atoms. The van der Waals surface area contributed by atoms with Gasteiger partial charge in [-0.3, -0.25) is 9.52 Å². The fraction of sp³-hybridized carbons (Fsp3) is 0.0526. The largest absolute Gasteiger partial charge is 0.573 e. The van der Waals surface area contributed by atoms with E-state index in [0.717, 1.165) is 29.5 Å². The highest BCUT2D eigenvalue weighted by Gasteiger charge is 2.31. The Morgan fingerprint density at radius 2 is 1.87 bits per heavy atom. The summed E-state index contributed by atoms with van der Waals surface area (Å²) in [5.41, 5.74) is 0.656. The molecule has 0 saturated heterocycles. The van der Waals surface area contributed by atoms with Crippen LogP contribution in [0.2, 0.25) is 0 Å². The highest BCUT2D eigenvalue weighted by Crippen LogP contribution is 2.24. The Morgan fingerprint density at radius 3 is 2.52 bits per heavy atom. The van der Waals surface area contributed by atoms with Crippen molar-refractivity contribution in [1.82, 2.24) is 4.98 Å². The lowest BCUT2D eigenvalue weighted by molar-refractivity contribution is -0.274. The lowest BCUT2D eigenvalue weighted by Crippen LogP contribution is -2.17. The molecule has 0 radical (unpaired) electrons. The lowest BCUT2D eigenvalue weighted by atomic mass is 10.2. The third-order valence-corrected chi connectivity index (χ3v) is 5.78. The molecule has 0 fully saturated rings. The SMILES string of the molecule is O=C(C=Cc1cccc(OC(F)(F)F)c1)Nc1ccc(S(=O)(=O)Nc2nccs2)cc1. The van der Waals surface area contributed by atoms with E-state index in [4.69, 9.17) is 0 Å². The zero-order chi connectivity index (χ0) is 22.5. The fourth-order valence-electron chi connectivity index (χ4n) is 2.34. The fourth-order valence-corrected chi connectivity index (χ4v) is 4.13. The summed E-state index contributed by atoms with van der Waals surface area (Å²) in [6.45, 7) is 0. The third kappa shape index (κ3) is 6.83. The first-order valence-electron chi connectivity index (χ1n) is 8.48. The van der Waals surface area contributed by atoms with Crippen LogP contribution in [0.15, 0.2) is 71.1 Å². The number of alkyl halides is 3. The number of ether oxygens (including phenoxy) is 1. The summed E-state index contributed by atoms with van der Waals surface area (Å²) in [6.07, 6.45) is -0.903. The van der Waals surface area contributed by atoms with Crippen molar-refractivity contribution >= 4 is 44.2 Å². The minimum absolute atomic E-state index is 0.0160. The van der Waals surface area contributed by atoms with Crippen molar-refractivity contribution in [3.63, 3.8) is 0 Å². The van der Waals surface area contributed by atoms with Gasteiger partial charge in [-0.15, -0.1) is 24.5 Å². The molecule has 1 amide bonds. The van der Waals surface area contributed by atoms with Gasteiger partial charge in [0.25, 0.3) is 10.0 Å². The summed E-state index contributed by atoms with van der Waals surface area (Å²) in [5, 5.41) is 4.38. The van der Waals surface area contributed by atoms with E-state index in [-0.39, 0.29) is 10.0 Å². The molecule has 0 aliphatic heterocycles. The molecular weight excluding hydrogens is 455 g/mol. The predicted molar refractivity (Wildman–Crippen MR) is 110 cm³/mol. The Balaban J connectivity index is 1.61. The Kier molecular flexibility index (Phi) is 6.61. The maximum atomic E-state index is 12.3. The molecule has 0 unspecified atom stereocenters. The Morgan fingerprint density at radius 1 is 1.13 bits per heavy atom. The van der Waals surface area contributed by atoms with Gasteiger partial charge in [-0.25, -0.2) is 13.4 Å².